The first-order valence-corrected chi connectivity index (χ1v) is 15.0. The minimum Gasteiger partial charge on any atom is -0.445 e. The van der Waals surface area contributed by atoms with Crippen LogP contribution in [-0.2, 0) is 16.0 Å². The quantitative estimate of drug-likeness (QED) is 0.0835. The van der Waals surface area contributed by atoms with Gasteiger partial charge >= 0.3 is 12.2 Å². The molecule has 216 valence electrons. The number of nitrogens with zero attached hydrogens (tertiary/aromatic N) is 1. The molecule has 2 amide bonds. The van der Waals surface area contributed by atoms with Crippen molar-refractivity contribution in [3.8, 4) is 0 Å². The molecule has 0 bridgehead atoms. The predicted molar refractivity (Wildman–Crippen MR) is 154 cm³/mol. The molecule has 0 aliphatic carbocycles. The Bertz CT molecular complexity index is 727. The highest BCUT2D eigenvalue weighted by molar-refractivity contribution is 5.68. The topological polar surface area (TPSA) is 80.5 Å². The van der Waals surface area contributed by atoms with Crippen LogP contribution in [0.2, 0.25) is 0 Å². The van der Waals surface area contributed by atoms with Gasteiger partial charge in [-0.05, 0) is 12.0 Å². The van der Waals surface area contributed by atoms with E-state index in [2.05, 4.69) is 24.1 Å². The minimum atomic E-state index is -0.518. The van der Waals surface area contributed by atoms with E-state index in [1.165, 1.54) is 89.9 Å². The van der Waals surface area contributed by atoms with Gasteiger partial charge in [-0.2, -0.15) is 0 Å². The second kappa shape index (κ2) is 24.7. The van der Waals surface area contributed by atoms with Crippen molar-refractivity contribution in [2.75, 3.05) is 26.3 Å². The Morgan fingerprint density at radius 2 is 1.05 bits per heavy atom. The van der Waals surface area contributed by atoms with Crippen LogP contribution in [0.3, 0.4) is 0 Å². The molecule has 0 aromatic carbocycles. The van der Waals surface area contributed by atoms with Gasteiger partial charge in [0.15, 0.2) is 18.9 Å². The minimum absolute atomic E-state index is 0.0106. The first kappa shape index (κ1) is 33.5. The van der Waals surface area contributed by atoms with E-state index < -0.39 is 12.2 Å². The van der Waals surface area contributed by atoms with E-state index in [9.17, 15) is 9.59 Å². The molecule has 1 aromatic rings. The van der Waals surface area contributed by atoms with Gasteiger partial charge in [0.1, 0.15) is 13.2 Å². The molecule has 0 fully saturated rings. The zero-order valence-electron chi connectivity index (χ0n) is 24.0. The standard InChI is InChI=1S/C31H53N3O4/c1-3-4-5-6-7-8-9-10-11-12-13-14-15-16-17-19-22-32-30(35)37-27-29(2)28-38-31(36)33-23-26-34-24-20-18-21-25-34/h18,20-21,24-25H,2-17,19,22-23,26-28H2,1H3,(H-,32,33,35,36)/p+1. The lowest BCUT2D eigenvalue weighted by molar-refractivity contribution is -0.694. The molecule has 0 atom stereocenters. The normalized spacial score (nSPS) is 10.7. The van der Waals surface area contributed by atoms with Gasteiger partial charge in [0.2, 0.25) is 0 Å². The molecule has 1 aromatic heterocycles. The Morgan fingerprint density at radius 1 is 0.632 bits per heavy atom. The summed E-state index contributed by atoms with van der Waals surface area (Å²) in [5, 5.41) is 5.45. The van der Waals surface area contributed by atoms with E-state index in [0.29, 0.717) is 25.2 Å². The van der Waals surface area contributed by atoms with E-state index in [1.807, 2.05) is 35.2 Å². The average Bonchev–Trinajstić information content (AvgIpc) is 2.93. The highest BCUT2D eigenvalue weighted by Crippen LogP contribution is 2.13. The van der Waals surface area contributed by atoms with Crippen molar-refractivity contribution in [1.29, 1.82) is 0 Å². The number of ether oxygens (including phenoxy) is 2. The average molecular weight is 533 g/mol. The summed E-state index contributed by atoms with van der Waals surface area (Å²) in [5.41, 5.74) is 0.523. The van der Waals surface area contributed by atoms with Gasteiger partial charge in [0.25, 0.3) is 0 Å². The van der Waals surface area contributed by atoms with Crippen LogP contribution in [0.4, 0.5) is 9.59 Å². The molecule has 2 N–H and O–H groups in total. The smallest absolute Gasteiger partial charge is 0.407 e. The summed E-state index contributed by atoms with van der Waals surface area (Å²) in [7, 11) is 0. The van der Waals surface area contributed by atoms with E-state index in [4.69, 9.17) is 9.47 Å². The van der Waals surface area contributed by atoms with Crippen molar-refractivity contribution in [3.05, 3.63) is 42.7 Å². The molecule has 1 rings (SSSR count). The summed E-state index contributed by atoms with van der Waals surface area (Å²) in [6.07, 6.45) is 24.1. The molecular weight excluding hydrogens is 478 g/mol. The molecule has 0 saturated heterocycles. The molecule has 0 radical (unpaired) electrons. The van der Waals surface area contributed by atoms with Crippen molar-refractivity contribution >= 4 is 12.2 Å². The molecule has 0 spiro atoms. The van der Waals surface area contributed by atoms with Gasteiger partial charge in [-0.1, -0.05) is 116 Å². The fourth-order valence-corrected chi connectivity index (χ4v) is 4.21. The van der Waals surface area contributed by atoms with E-state index in [0.717, 1.165) is 12.8 Å². The lowest BCUT2D eigenvalue weighted by Gasteiger charge is -2.10. The van der Waals surface area contributed by atoms with Gasteiger partial charge in [0, 0.05) is 18.7 Å². The molecule has 0 saturated carbocycles. The Hall–Kier alpha value is -2.57. The van der Waals surface area contributed by atoms with Crippen LogP contribution in [-0.4, -0.2) is 38.5 Å². The third kappa shape index (κ3) is 21.5. The number of amides is 2. The third-order valence-corrected chi connectivity index (χ3v) is 6.53. The van der Waals surface area contributed by atoms with Gasteiger partial charge in [-0.15, -0.1) is 0 Å². The number of carbonyl (C=O) groups excluding carboxylic acids is 2. The van der Waals surface area contributed by atoms with Crippen LogP contribution in [0.1, 0.15) is 110 Å². The number of rotatable bonds is 24. The maximum absolute atomic E-state index is 11.8. The molecule has 0 unspecified atom stereocenters. The van der Waals surface area contributed by atoms with E-state index in [-0.39, 0.29) is 13.2 Å². The number of aromatic nitrogens is 1. The van der Waals surface area contributed by atoms with Crippen molar-refractivity contribution in [3.63, 3.8) is 0 Å². The number of pyridine rings is 1. The molecule has 0 aliphatic heterocycles. The predicted octanol–water partition coefficient (Wildman–Crippen LogP) is 7.24. The van der Waals surface area contributed by atoms with Crippen LogP contribution in [0.15, 0.2) is 42.7 Å². The molecular formula is C31H54N3O4+. The van der Waals surface area contributed by atoms with Crippen LogP contribution in [0, 0.1) is 0 Å². The maximum atomic E-state index is 11.8. The van der Waals surface area contributed by atoms with Crippen LogP contribution < -0.4 is 15.2 Å². The highest BCUT2D eigenvalue weighted by Gasteiger charge is 2.07. The number of unbranched alkanes of at least 4 members (excludes halogenated alkanes) is 15. The summed E-state index contributed by atoms with van der Waals surface area (Å²) < 4.78 is 12.2. The fraction of sp³-hybridized carbons (Fsp3) is 0.710. The monoisotopic (exact) mass is 532 g/mol. The Kier molecular flexibility index (Phi) is 21.8. The summed E-state index contributed by atoms with van der Waals surface area (Å²) in [6.45, 7) is 7.83. The highest BCUT2D eigenvalue weighted by atomic mass is 16.6. The number of carbonyl (C=O) groups is 2. The fourth-order valence-electron chi connectivity index (χ4n) is 4.21. The summed E-state index contributed by atoms with van der Waals surface area (Å²) >= 11 is 0. The first-order valence-electron chi connectivity index (χ1n) is 15.0. The van der Waals surface area contributed by atoms with Crippen LogP contribution in [0.5, 0.6) is 0 Å². The summed E-state index contributed by atoms with van der Waals surface area (Å²) in [4.78, 5) is 23.6. The SMILES string of the molecule is C=C(COC(=O)NCCCCCCCCCCCCCCCCCC)COC(=O)NCC[n+]1ccccc1. The summed E-state index contributed by atoms with van der Waals surface area (Å²) in [6, 6.07) is 5.80. The Morgan fingerprint density at radius 3 is 1.53 bits per heavy atom. The second-order valence-electron chi connectivity index (χ2n) is 10.2. The summed E-state index contributed by atoms with van der Waals surface area (Å²) in [5.74, 6) is 0. The van der Waals surface area contributed by atoms with Crippen molar-refractivity contribution < 1.29 is 23.6 Å². The third-order valence-electron chi connectivity index (χ3n) is 6.53. The first-order chi connectivity index (χ1) is 18.6. The van der Waals surface area contributed by atoms with E-state index in [1.54, 1.807) is 0 Å². The number of hydrogen-bond acceptors (Lipinski definition) is 4. The molecule has 1 heterocycles. The molecule has 0 aliphatic rings. The van der Waals surface area contributed by atoms with Gasteiger partial charge in [0.05, 0.1) is 6.54 Å². The second-order valence-corrected chi connectivity index (χ2v) is 10.2. The zero-order valence-corrected chi connectivity index (χ0v) is 24.0. The molecule has 7 nitrogen and oxygen atoms in total. The van der Waals surface area contributed by atoms with Crippen molar-refractivity contribution in [1.82, 2.24) is 10.6 Å². The number of alkyl carbamates (subject to hydrolysis) is 2. The van der Waals surface area contributed by atoms with Gasteiger partial charge < -0.3 is 20.1 Å². The largest absolute Gasteiger partial charge is 0.445 e. The van der Waals surface area contributed by atoms with Gasteiger partial charge in [-0.25, -0.2) is 14.2 Å². The molecule has 38 heavy (non-hydrogen) atoms. The zero-order chi connectivity index (χ0) is 27.5. The van der Waals surface area contributed by atoms with Gasteiger partial charge in [-0.3, -0.25) is 0 Å². The van der Waals surface area contributed by atoms with Crippen molar-refractivity contribution in [2.45, 2.75) is 116 Å². The Balaban J connectivity index is 1.82. The maximum Gasteiger partial charge on any atom is 0.407 e. The van der Waals surface area contributed by atoms with E-state index >= 15 is 0 Å². The lowest BCUT2D eigenvalue weighted by atomic mass is 10.0. The van der Waals surface area contributed by atoms with Crippen LogP contribution in [0.25, 0.3) is 0 Å². The number of hydrogen-bond donors (Lipinski definition) is 2. The lowest BCUT2D eigenvalue weighted by Crippen LogP contribution is -2.40. The Labute approximate surface area is 231 Å². The van der Waals surface area contributed by atoms with Crippen molar-refractivity contribution in [2.24, 2.45) is 0 Å². The van der Waals surface area contributed by atoms with Crippen LogP contribution >= 0.6 is 0 Å². The molecule has 7 heteroatoms. The number of nitrogens with one attached hydrogen (secondary N) is 2.